The van der Waals surface area contributed by atoms with Crippen LogP contribution < -0.4 is 21.9 Å². The third kappa shape index (κ3) is 3.74. The van der Waals surface area contributed by atoms with Crippen LogP contribution in [0.15, 0.2) is 15.7 Å². The second-order valence-electron chi connectivity index (χ2n) is 6.23. The number of carbonyl (C=O) groups excluding carboxylic acids is 2. The molecule has 2 amide bonds. The molecule has 2 heterocycles. The Bertz CT molecular complexity index is 1070. The molecule has 1 aliphatic carbocycles. The van der Waals surface area contributed by atoms with Crippen LogP contribution in [0.5, 0.6) is 0 Å². The number of pyridine rings is 1. The Labute approximate surface area is 154 Å². The van der Waals surface area contributed by atoms with E-state index in [1.54, 1.807) is 13.0 Å². The van der Waals surface area contributed by atoms with Gasteiger partial charge in [-0.1, -0.05) is 5.92 Å². The fourth-order valence-electron chi connectivity index (χ4n) is 2.82. The molecule has 1 fully saturated rings. The minimum atomic E-state index is -0.684. The highest BCUT2D eigenvalue weighted by molar-refractivity contribution is 6.06. The zero-order valence-corrected chi connectivity index (χ0v) is 14.8. The Morgan fingerprint density at radius 2 is 2.11 bits per heavy atom. The number of carbonyl (C=O) groups is 2. The van der Waals surface area contributed by atoms with Crippen LogP contribution in [0, 0.1) is 12.3 Å². The molecule has 0 unspecified atom stereocenters. The van der Waals surface area contributed by atoms with Crippen LogP contribution in [0.3, 0.4) is 0 Å². The van der Waals surface area contributed by atoms with Crippen LogP contribution in [-0.4, -0.2) is 39.4 Å². The van der Waals surface area contributed by atoms with Crippen molar-refractivity contribution in [2.45, 2.75) is 32.2 Å². The normalized spacial score (nSPS) is 13.2. The van der Waals surface area contributed by atoms with Gasteiger partial charge in [0.25, 0.3) is 11.5 Å². The summed E-state index contributed by atoms with van der Waals surface area (Å²) >= 11 is 0. The predicted molar refractivity (Wildman–Crippen MR) is 98.4 cm³/mol. The van der Waals surface area contributed by atoms with Crippen molar-refractivity contribution >= 4 is 22.8 Å². The molecular formula is C18H19N5O4. The molecule has 0 aromatic carbocycles. The lowest BCUT2D eigenvalue weighted by Crippen LogP contribution is -2.38. The zero-order valence-electron chi connectivity index (χ0n) is 14.8. The number of aryl methyl sites for hydroxylation is 1. The van der Waals surface area contributed by atoms with E-state index in [0.29, 0.717) is 12.2 Å². The van der Waals surface area contributed by atoms with Crippen molar-refractivity contribution in [1.29, 1.82) is 0 Å². The van der Waals surface area contributed by atoms with E-state index in [4.69, 9.17) is 6.42 Å². The van der Waals surface area contributed by atoms with Gasteiger partial charge >= 0.3 is 5.69 Å². The number of H-pyrrole nitrogens is 1. The molecule has 0 atom stereocenters. The van der Waals surface area contributed by atoms with Crippen molar-refractivity contribution in [1.82, 2.24) is 25.2 Å². The van der Waals surface area contributed by atoms with Crippen molar-refractivity contribution in [3.8, 4) is 12.3 Å². The van der Waals surface area contributed by atoms with Crippen molar-refractivity contribution in [3.05, 3.63) is 38.2 Å². The SMILES string of the molecule is C#CCNC(=O)CNC(=O)c1cc(C2CC2)nc2c1c(=O)[nH]c(=O)n2CC. The van der Waals surface area contributed by atoms with Crippen LogP contribution in [0.2, 0.25) is 0 Å². The largest absolute Gasteiger partial charge is 0.344 e. The van der Waals surface area contributed by atoms with Gasteiger partial charge in [-0.3, -0.25) is 23.9 Å². The molecule has 0 aliphatic heterocycles. The second-order valence-corrected chi connectivity index (χ2v) is 6.23. The first-order valence-corrected chi connectivity index (χ1v) is 8.62. The number of rotatable bonds is 6. The fraction of sp³-hybridized carbons (Fsp3) is 0.389. The summed E-state index contributed by atoms with van der Waals surface area (Å²) in [6.45, 7) is 1.82. The molecule has 2 aromatic heterocycles. The smallest absolute Gasteiger partial charge is 0.329 e. The minimum absolute atomic E-state index is 0.0300. The van der Waals surface area contributed by atoms with Gasteiger partial charge in [-0.25, -0.2) is 9.78 Å². The summed E-state index contributed by atoms with van der Waals surface area (Å²) in [5.41, 5.74) is -0.323. The number of hydrogen-bond donors (Lipinski definition) is 3. The lowest BCUT2D eigenvalue weighted by atomic mass is 10.1. The Kier molecular flexibility index (Phi) is 5.07. The van der Waals surface area contributed by atoms with E-state index < -0.39 is 23.1 Å². The van der Waals surface area contributed by atoms with Crippen molar-refractivity contribution < 1.29 is 9.59 Å². The van der Waals surface area contributed by atoms with E-state index in [9.17, 15) is 19.2 Å². The molecule has 27 heavy (non-hydrogen) atoms. The quantitative estimate of drug-likeness (QED) is 0.590. The lowest BCUT2D eigenvalue weighted by molar-refractivity contribution is -0.119. The Morgan fingerprint density at radius 3 is 2.74 bits per heavy atom. The summed E-state index contributed by atoms with van der Waals surface area (Å²) in [4.78, 5) is 55.5. The monoisotopic (exact) mass is 369 g/mol. The molecule has 0 spiro atoms. The molecule has 2 aromatic rings. The number of terminal acetylenes is 1. The van der Waals surface area contributed by atoms with Crippen LogP contribution in [0.4, 0.5) is 0 Å². The van der Waals surface area contributed by atoms with Crippen LogP contribution in [-0.2, 0) is 11.3 Å². The van der Waals surface area contributed by atoms with Gasteiger partial charge < -0.3 is 10.6 Å². The topological polar surface area (TPSA) is 126 Å². The number of aromatic nitrogens is 3. The lowest BCUT2D eigenvalue weighted by Gasteiger charge is -2.12. The van der Waals surface area contributed by atoms with Gasteiger partial charge in [-0.15, -0.1) is 6.42 Å². The van der Waals surface area contributed by atoms with E-state index in [2.05, 4.69) is 26.5 Å². The van der Waals surface area contributed by atoms with Crippen LogP contribution in [0.1, 0.15) is 41.7 Å². The summed E-state index contributed by atoms with van der Waals surface area (Å²) in [6, 6.07) is 1.56. The number of nitrogens with zero attached hydrogens (tertiary/aromatic N) is 2. The Hall–Kier alpha value is -3.41. The third-order valence-electron chi connectivity index (χ3n) is 4.32. The minimum Gasteiger partial charge on any atom is -0.344 e. The van der Waals surface area contributed by atoms with Gasteiger partial charge in [0.05, 0.1) is 24.0 Å². The standard InChI is InChI=1S/C18H19N5O4/c1-3-7-19-13(24)9-20-16(25)11-8-12(10-5-6-10)21-15-14(11)17(26)22-18(27)23(15)4-2/h1,8,10H,4-7,9H2,2H3,(H,19,24)(H,20,25)(H,22,26,27). The van der Waals surface area contributed by atoms with E-state index in [-0.39, 0.29) is 35.6 Å². The number of amides is 2. The van der Waals surface area contributed by atoms with Crippen molar-refractivity contribution in [2.75, 3.05) is 13.1 Å². The highest BCUT2D eigenvalue weighted by Gasteiger charge is 2.28. The number of nitrogens with one attached hydrogen (secondary N) is 3. The molecular weight excluding hydrogens is 350 g/mol. The number of fused-ring (bicyclic) bond motifs is 1. The number of hydrogen-bond acceptors (Lipinski definition) is 5. The Morgan fingerprint density at radius 1 is 1.37 bits per heavy atom. The summed E-state index contributed by atoms with van der Waals surface area (Å²) < 4.78 is 1.32. The maximum absolute atomic E-state index is 12.7. The van der Waals surface area contributed by atoms with Crippen molar-refractivity contribution in [3.63, 3.8) is 0 Å². The summed E-state index contributed by atoms with van der Waals surface area (Å²) in [6.07, 6.45) is 6.94. The van der Waals surface area contributed by atoms with E-state index in [1.165, 1.54) is 4.57 Å². The zero-order chi connectivity index (χ0) is 19.6. The summed E-state index contributed by atoms with van der Waals surface area (Å²) in [5, 5.41) is 4.95. The van der Waals surface area contributed by atoms with E-state index >= 15 is 0 Å². The maximum atomic E-state index is 12.7. The fourth-order valence-corrected chi connectivity index (χ4v) is 2.82. The molecule has 140 valence electrons. The van der Waals surface area contributed by atoms with Gasteiger partial charge in [-0.05, 0) is 25.8 Å². The molecule has 1 saturated carbocycles. The molecule has 3 N–H and O–H groups in total. The summed E-state index contributed by atoms with van der Waals surface area (Å²) in [5.74, 6) is 1.44. The highest BCUT2D eigenvalue weighted by Crippen LogP contribution is 2.39. The molecule has 0 saturated heterocycles. The molecule has 1 aliphatic rings. The molecule has 3 rings (SSSR count). The van der Waals surface area contributed by atoms with Crippen LogP contribution in [0.25, 0.3) is 11.0 Å². The second kappa shape index (κ2) is 7.45. The van der Waals surface area contributed by atoms with Gasteiger partial charge in [0.2, 0.25) is 5.91 Å². The molecule has 9 heteroatoms. The summed E-state index contributed by atoms with van der Waals surface area (Å²) in [7, 11) is 0. The third-order valence-corrected chi connectivity index (χ3v) is 4.32. The van der Waals surface area contributed by atoms with Gasteiger partial charge in [0.15, 0.2) is 5.65 Å². The van der Waals surface area contributed by atoms with E-state index in [1.807, 2.05) is 0 Å². The van der Waals surface area contributed by atoms with Gasteiger partial charge in [0.1, 0.15) is 0 Å². The first-order chi connectivity index (χ1) is 13.0. The van der Waals surface area contributed by atoms with Gasteiger partial charge in [-0.2, -0.15) is 0 Å². The van der Waals surface area contributed by atoms with Gasteiger partial charge in [0, 0.05) is 18.2 Å². The number of aromatic amines is 1. The molecule has 0 bridgehead atoms. The van der Waals surface area contributed by atoms with Crippen LogP contribution >= 0.6 is 0 Å². The molecule has 9 nitrogen and oxygen atoms in total. The van der Waals surface area contributed by atoms with Crippen molar-refractivity contribution in [2.24, 2.45) is 0 Å². The predicted octanol–water partition coefficient (Wildman–Crippen LogP) is -0.539. The first kappa shape index (κ1) is 18.4. The average molecular weight is 369 g/mol. The maximum Gasteiger partial charge on any atom is 0.329 e. The average Bonchev–Trinajstić information content (AvgIpc) is 3.48. The van der Waals surface area contributed by atoms with E-state index in [0.717, 1.165) is 12.8 Å². The molecule has 0 radical (unpaired) electrons. The highest BCUT2D eigenvalue weighted by atomic mass is 16.2. The Balaban J connectivity index is 2.04. The first-order valence-electron chi connectivity index (χ1n) is 8.62.